The Labute approximate surface area is 152 Å². The predicted molar refractivity (Wildman–Crippen MR) is 92.2 cm³/mol. The number of nitriles is 1. The van der Waals surface area contributed by atoms with Crippen LogP contribution in [0.1, 0.15) is 20.8 Å². The van der Waals surface area contributed by atoms with Crippen LogP contribution in [-0.2, 0) is 19.4 Å². The number of nitrogens with one attached hydrogen (secondary N) is 1. The maximum absolute atomic E-state index is 12.9. The molecule has 10 heteroatoms. The molecule has 0 aliphatic rings. The SMILES string of the molecule is COC(=O)c1sc(NC(=O)CS(=O)(=O)c2ccc(F)cc2)c(C#N)c1C. The minimum absolute atomic E-state index is 0.0583. The largest absolute Gasteiger partial charge is 0.465 e. The average molecular weight is 396 g/mol. The molecule has 1 N–H and O–H groups in total. The molecule has 0 saturated carbocycles. The fourth-order valence-corrected chi connectivity index (χ4v) is 4.31. The molecule has 1 amide bonds. The lowest BCUT2D eigenvalue weighted by Crippen LogP contribution is -2.23. The van der Waals surface area contributed by atoms with Gasteiger partial charge in [0.1, 0.15) is 27.5 Å². The fourth-order valence-electron chi connectivity index (χ4n) is 2.08. The number of anilines is 1. The molecule has 26 heavy (non-hydrogen) atoms. The van der Waals surface area contributed by atoms with Crippen LogP contribution in [0.2, 0.25) is 0 Å². The van der Waals surface area contributed by atoms with Gasteiger partial charge in [-0.1, -0.05) is 0 Å². The van der Waals surface area contributed by atoms with E-state index in [9.17, 15) is 27.7 Å². The number of benzene rings is 1. The monoisotopic (exact) mass is 396 g/mol. The Morgan fingerprint density at radius 1 is 1.31 bits per heavy atom. The number of methoxy groups -OCH3 is 1. The zero-order valence-electron chi connectivity index (χ0n) is 13.7. The molecule has 136 valence electrons. The van der Waals surface area contributed by atoms with Crippen LogP contribution in [0.3, 0.4) is 0 Å². The van der Waals surface area contributed by atoms with Gasteiger partial charge in [-0.25, -0.2) is 17.6 Å². The second-order valence-electron chi connectivity index (χ2n) is 5.12. The number of carbonyl (C=O) groups excluding carboxylic acids is 2. The second kappa shape index (κ2) is 7.63. The summed E-state index contributed by atoms with van der Waals surface area (Å²) in [5, 5.41) is 11.6. The van der Waals surface area contributed by atoms with Gasteiger partial charge in [0.15, 0.2) is 9.84 Å². The molecule has 7 nitrogen and oxygen atoms in total. The van der Waals surface area contributed by atoms with Gasteiger partial charge in [-0.05, 0) is 36.8 Å². The lowest BCUT2D eigenvalue weighted by molar-refractivity contribution is -0.113. The first-order chi connectivity index (χ1) is 12.2. The molecular formula is C16H13FN2O5S2. The highest BCUT2D eigenvalue weighted by atomic mass is 32.2. The molecule has 1 heterocycles. The number of ether oxygens (including phenoxy) is 1. The van der Waals surface area contributed by atoms with Crippen molar-refractivity contribution in [3.8, 4) is 6.07 Å². The number of rotatable bonds is 5. The molecule has 0 fully saturated rings. The van der Waals surface area contributed by atoms with Gasteiger partial charge in [-0.2, -0.15) is 5.26 Å². The lowest BCUT2D eigenvalue weighted by Gasteiger charge is -2.05. The van der Waals surface area contributed by atoms with E-state index in [0.29, 0.717) is 5.56 Å². The first-order valence-corrected chi connectivity index (χ1v) is 9.56. The van der Waals surface area contributed by atoms with Crippen LogP contribution < -0.4 is 5.32 Å². The van der Waals surface area contributed by atoms with Crippen LogP contribution in [0.4, 0.5) is 9.39 Å². The molecule has 1 aromatic carbocycles. The summed E-state index contributed by atoms with van der Waals surface area (Å²) in [6.07, 6.45) is 0. The van der Waals surface area contributed by atoms with Gasteiger partial charge < -0.3 is 10.1 Å². The third-order valence-electron chi connectivity index (χ3n) is 3.38. The van der Waals surface area contributed by atoms with Crippen molar-refractivity contribution >= 4 is 38.1 Å². The number of thiophene rings is 1. The quantitative estimate of drug-likeness (QED) is 0.613. The Morgan fingerprint density at radius 2 is 1.92 bits per heavy atom. The van der Waals surface area contributed by atoms with Gasteiger partial charge in [0, 0.05) is 0 Å². The van der Waals surface area contributed by atoms with Crippen molar-refractivity contribution in [2.24, 2.45) is 0 Å². The number of halogens is 1. The van der Waals surface area contributed by atoms with E-state index in [-0.39, 0.29) is 20.3 Å². The molecule has 0 saturated heterocycles. The van der Waals surface area contributed by atoms with Crippen molar-refractivity contribution in [3.05, 3.63) is 46.1 Å². The van der Waals surface area contributed by atoms with Crippen molar-refractivity contribution in [3.63, 3.8) is 0 Å². The predicted octanol–water partition coefficient (Wildman–Crippen LogP) is 2.27. The summed E-state index contributed by atoms with van der Waals surface area (Å²) < 4.78 is 41.9. The molecule has 2 aromatic rings. The van der Waals surface area contributed by atoms with Gasteiger partial charge >= 0.3 is 5.97 Å². The number of carbonyl (C=O) groups is 2. The highest BCUT2D eigenvalue weighted by Gasteiger charge is 2.24. The number of esters is 1. The molecule has 1 aromatic heterocycles. The highest BCUT2D eigenvalue weighted by molar-refractivity contribution is 7.92. The third kappa shape index (κ3) is 4.07. The normalized spacial score (nSPS) is 10.8. The van der Waals surface area contributed by atoms with Crippen molar-refractivity contribution in [2.75, 3.05) is 18.2 Å². The fraction of sp³-hybridized carbons (Fsp3) is 0.188. The van der Waals surface area contributed by atoms with E-state index in [4.69, 9.17) is 0 Å². The Morgan fingerprint density at radius 3 is 2.46 bits per heavy atom. The molecule has 0 bridgehead atoms. The summed E-state index contributed by atoms with van der Waals surface area (Å²) in [6, 6.07) is 5.94. The molecule has 2 rings (SSSR count). The smallest absolute Gasteiger partial charge is 0.348 e. The molecule has 0 aliphatic heterocycles. The van der Waals surface area contributed by atoms with Gasteiger partial charge in [0.2, 0.25) is 5.91 Å². The number of sulfone groups is 1. The van der Waals surface area contributed by atoms with Crippen LogP contribution in [0.5, 0.6) is 0 Å². The van der Waals surface area contributed by atoms with Gasteiger partial charge in [0.25, 0.3) is 0 Å². The summed E-state index contributed by atoms with van der Waals surface area (Å²) in [4.78, 5) is 23.7. The maximum atomic E-state index is 12.9. The Kier molecular flexibility index (Phi) is 5.74. The highest BCUT2D eigenvalue weighted by Crippen LogP contribution is 2.33. The molecule has 0 unspecified atom stereocenters. The Hall–Kier alpha value is -2.77. The summed E-state index contributed by atoms with van der Waals surface area (Å²) in [5.74, 6) is -3.04. The number of hydrogen-bond donors (Lipinski definition) is 1. The summed E-state index contributed by atoms with van der Waals surface area (Å²) in [7, 11) is -2.81. The number of nitrogens with zero attached hydrogens (tertiary/aromatic N) is 1. The zero-order chi connectivity index (χ0) is 19.5. The van der Waals surface area contributed by atoms with E-state index < -0.39 is 33.3 Å². The van der Waals surface area contributed by atoms with Crippen molar-refractivity contribution in [2.45, 2.75) is 11.8 Å². The molecule has 0 atom stereocenters. The molecule has 0 radical (unpaired) electrons. The average Bonchev–Trinajstić information content (AvgIpc) is 2.89. The zero-order valence-corrected chi connectivity index (χ0v) is 15.3. The third-order valence-corrected chi connectivity index (χ3v) is 6.20. The number of hydrogen-bond acceptors (Lipinski definition) is 7. The Bertz CT molecular complexity index is 1000. The topological polar surface area (TPSA) is 113 Å². The maximum Gasteiger partial charge on any atom is 0.348 e. The van der Waals surface area contributed by atoms with E-state index in [1.54, 1.807) is 0 Å². The number of amides is 1. The minimum Gasteiger partial charge on any atom is -0.465 e. The molecular weight excluding hydrogens is 383 g/mol. The van der Waals surface area contributed by atoms with E-state index in [1.165, 1.54) is 14.0 Å². The van der Waals surface area contributed by atoms with E-state index >= 15 is 0 Å². The standard InChI is InChI=1S/C16H13FN2O5S2/c1-9-12(7-18)15(25-14(9)16(21)24-2)19-13(20)8-26(22,23)11-5-3-10(17)4-6-11/h3-6H,8H2,1-2H3,(H,19,20). The van der Waals surface area contributed by atoms with Crippen LogP contribution in [0.25, 0.3) is 0 Å². The van der Waals surface area contributed by atoms with E-state index in [2.05, 4.69) is 10.1 Å². The molecule has 0 aliphatic carbocycles. The second-order valence-corrected chi connectivity index (χ2v) is 8.14. The van der Waals surface area contributed by atoms with E-state index in [1.807, 2.05) is 6.07 Å². The molecule has 0 spiro atoms. The van der Waals surface area contributed by atoms with E-state index in [0.717, 1.165) is 35.6 Å². The first kappa shape index (κ1) is 19.6. The lowest BCUT2D eigenvalue weighted by atomic mass is 10.2. The van der Waals surface area contributed by atoms with Gasteiger partial charge in [-0.3, -0.25) is 4.79 Å². The first-order valence-electron chi connectivity index (χ1n) is 7.09. The summed E-state index contributed by atoms with van der Waals surface area (Å²) in [6.45, 7) is 1.52. The summed E-state index contributed by atoms with van der Waals surface area (Å²) in [5.41, 5.74) is 0.393. The summed E-state index contributed by atoms with van der Waals surface area (Å²) >= 11 is 0.822. The van der Waals surface area contributed by atoms with Crippen molar-refractivity contribution in [1.82, 2.24) is 0 Å². The van der Waals surface area contributed by atoms with Crippen LogP contribution in [-0.4, -0.2) is 33.2 Å². The minimum atomic E-state index is -3.99. The Balaban J connectivity index is 2.24. The van der Waals surface area contributed by atoms with Crippen molar-refractivity contribution in [1.29, 1.82) is 5.26 Å². The van der Waals surface area contributed by atoms with Gasteiger partial charge in [-0.15, -0.1) is 11.3 Å². The van der Waals surface area contributed by atoms with Gasteiger partial charge in [0.05, 0.1) is 17.6 Å². The van der Waals surface area contributed by atoms with Crippen LogP contribution >= 0.6 is 11.3 Å². The van der Waals surface area contributed by atoms with Crippen LogP contribution in [0, 0.1) is 24.1 Å². The van der Waals surface area contributed by atoms with Crippen molar-refractivity contribution < 1.29 is 27.1 Å². The van der Waals surface area contributed by atoms with Crippen LogP contribution in [0.15, 0.2) is 29.2 Å².